The van der Waals surface area contributed by atoms with Gasteiger partial charge in [-0.3, -0.25) is 15.1 Å². The molecule has 0 unspecified atom stereocenters. The molecule has 1 N–H and O–H groups in total. The maximum Gasteiger partial charge on any atom is 0.270 e. The zero-order valence-corrected chi connectivity index (χ0v) is 27.5. The van der Waals surface area contributed by atoms with Gasteiger partial charge in [-0.05, 0) is 82.4 Å². The molecule has 0 bridgehead atoms. The summed E-state index contributed by atoms with van der Waals surface area (Å²) in [4.78, 5) is 14.6. The summed E-state index contributed by atoms with van der Waals surface area (Å²) in [6.07, 6.45) is 29.2. The molecule has 0 aliphatic heterocycles. The van der Waals surface area contributed by atoms with E-state index in [0.717, 1.165) is 29.7 Å². The molecule has 231 valence electrons. The van der Waals surface area contributed by atoms with E-state index in [1.165, 1.54) is 62.9 Å². The molecular weight excluding hydrogens is 621 g/mol. The number of aryl methyl sites for hydroxylation is 2. The van der Waals surface area contributed by atoms with E-state index >= 15 is 0 Å². The average Bonchev–Trinajstić information content (AvgIpc) is 2.98. The number of phenols is 1. The third kappa shape index (κ3) is 22.3. The van der Waals surface area contributed by atoms with Gasteiger partial charge in [0.2, 0.25) is 0 Å². The number of terminal acetylenes is 1. The Balaban J connectivity index is -0.000000174. The number of rotatable bonds is 8. The van der Waals surface area contributed by atoms with Crippen LogP contribution in [0.1, 0.15) is 77.8 Å². The third-order valence-corrected chi connectivity index (χ3v) is 6.59. The molecule has 7 heteroatoms. The molecule has 1 aliphatic carbocycles. The van der Waals surface area contributed by atoms with Crippen molar-refractivity contribution < 1.29 is 28.6 Å². The number of aliphatic imine (C=N–C) groups is 1. The van der Waals surface area contributed by atoms with Crippen molar-refractivity contribution in [3.8, 4) is 12.2 Å². The second kappa shape index (κ2) is 29.8. The minimum absolute atomic E-state index is 0. The van der Waals surface area contributed by atoms with Crippen molar-refractivity contribution in [1.82, 2.24) is 0 Å². The zero-order valence-electron chi connectivity index (χ0n) is 25.0. The first kappa shape index (κ1) is 42.3. The molecule has 41 heavy (non-hydrogen) atoms. The van der Waals surface area contributed by atoms with Gasteiger partial charge in [0.1, 0.15) is 5.75 Å². The van der Waals surface area contributed by atoms with E-state index in [9.17, 15) is 15.2 Å². The first-order chi connectivity index (χ1) is 19.3. The molecule has 0 radical (unpaired) electrons. The van der Waals surface area contributed by atoms with Crippen molar-refractivity contribution in [1.29, 1.82) is 0 Å². The SMILES string of the molecule is C1=CCCCC1.C=CCCCCC=C.C[CH]=[Ru][Cl].Cc1cccc(C)c1N=Cc1cc([N+](=O)[O-])ccc1O.[C-]#C.[CH3-].[HH].[HH]. The number of hydrogen-bond acceptors (Lipinski definition) is 4. The number of allylic oxidation sites excluding steroid dienone is 4. The molecule has 3 rings (SSSR count). The van der Waals surface area contributed by atoms with Crippen LogP contribution in [0.2, 0.25) is 0 Å². The first-order valence-electron chi connectivity index (χ1n) is 13.1. The number of non-ortho nitro benzene ring substituents is 1. The minimum Gasteiger partial charge on any atom is -0.697 e. The summed E-state index contributed by atoms with van der Waals surface area (Å²) in [7, 11) is 5.22. The van der Waals surface area contributed by atoms with Crippen molar-refractivity contribution in [3.05, 3.63) is 115 Å². The number of benzene rings is 2. The molecule has 0 saturated carbocycles. The van der Waals surface area contributed by atoms with Gasteiger partial charge in [0.15, 0.2) is 0 Å². The van der Waals surface area contributed by atoms with Gasteiger partial charge in [-0.1, -0.05) is 42.5 Å². The fourth-order valence-electron chi connectivity index (χ4n) is 3.24. The van der Waals surface area contributed by atoms with Crippen molar-refractivity contribution in [2.24, 2.45) is 4.99 Å². The van der Waals surface area contributed by atoms with Gasteiger partial charge < -0.3 is 25.4 Å². The Bertz CT molecular complexity index is 1080. The summed E-state index contributed by atoms with van der Waals surface area (Å²) in [6.45, 7) is 13.1. The predicted octanol–water partition coefficient (Wildman–Crippen LogP) is 10.9. The molecule has 0 spiro atoms. The average molecular weight is 671 g/mol. The number of nitrogens with zero attached hydrogens (tertiary/aromatic N) is 2. The van der Waals surface area contributed by atoms with Crippen LogP contribution in [0.25, 0.3) is 0 Å². The Morgan fingerprint density at radius 1 is 1.10 bits per heavy atom. The number of hydrogen-bond donors (Lipinski definition) is 1. The van der Waals surface area contributed by atoms with E-state index in [0.29, 0.717) is 5.56 Å². The molecule has 0 saturated heterocycles. The fourth-order valence-corrected chi connectivity index (χ4v) is 3.24. The minimum atomic E-state index is -0.504. The Hall–Kier alpha value is -3.13. The third-order valence-electron chi connectivity index (χ3n) is 5.30. The van der Waals surface area contributed by atoms with Gasteiger partial charge in [-0.25, -0.2) is 0 Å². The molecule has 0 heterocycles. The van der Waals surface area contributed by atoms with Crippen molar-refractivity contribution >= 4 is 31.9 Å². The summed E-state index contributed by atoms with van der Waals surface area (Å²) in [5, 5.41) is 20.4. The molecule has 0 aromatic heterocycles. The number of nitro groups is 1. The van der Waals surface area contributed by atoms with Crippen LogP contribution in [0.5, 0.6) is 5.75 Å². The maximum atomic E-state index is 10.7. The summed E-state index contributed by atoms with van der Waals surface area (Å²) in [6, 6.07) is 9.66. The molecule has 1 aliphatic rings. The van der Waals surface area contributed by atoms with Gasteiger partial charge in [0.05, 0.1) is 10.6 Å². The van der Waals surface area contributed by atoms with E-state index in [4.69, 9.17) is 16.1 Å². The number of halogens is 1. The molecular formula is C34H50ClN2O3Ru-2. The molecule has 5 nitrogen and oxygen atoms in total. The van der Waals surface area contributed by atoms with E-state index in [1.807, 2.05) is 55.7 Å². The van der Waals surface area contributed by atoms with Crippen LogP contribution < -0.4 is 0 Å². The van der Waals surface area contributed by atoms with Gasteiger partial charge in [-0.15, -0.1) is 13.2 Å². The molecule has 2 aromatic rings. The van der Waals surface area contributed by atoms with E-state index in [2.05, 4.69) is 36.7 Å². The molecule has 2 aromatic carbocycles. The number of unbranched alkanes of at least 4 members (excludes halogenated alkanes) is 3. The Morgan fingerprint density at radius 3 is 1.95 bits per heavy atom. The van der Waals surface area contributed by atoms with Crippen LogP contribution in [0, 0.1) is 44.2 Å². The Morgan fingerprint density at radius 2 is 1.59 bits per heavy atom. The fraction of sp³-hybridized carbons (Fsp3) is 0.324. The van der Waals surface area contributed by atoms with Crippen LogP contribution >= 0.6 is 9.69 Å². The Kier molecular flexibility index (Phi) is 30.8. The van der Waals surface area contributed by atoms with Crippen LogP contribution in [0.15, 0.2) is 78.9 Å². The van der Waals surface area contributed by atoms with Crippen LogP contribution in [-0.2, 0) is 15.7 Å². The smallest absolute Gasteiger partial charge is 0.270 e. The van der Waals surface area contributed by atoms with Crippen LogP contribution in [0.3, 0.4) is 0 Å². The van der Waals surface area contributed by atoms with Gasteiger partial charge >= 0.3 is 36.9 Å². The van der Waals surface area contributed by atoms with Crippen LogP contribution in [0.4, 0.5) is 11.4 Å². The monoisotopic (exact) mass is 671 g/mol. The quantitative estimate of drug-likeness (QED) is 0.0444. The first-order valence-corrected chi connectivity index (χ1v) is 16.3. The summed E-state index contributed by atoms with van der Waals surface area (Å²) in [5.41, 5.74) is 3.06. The second-order valence-corrected chi connectivity index (χ2v) is 10.7. The van der Waals surface area contributed by atoms with E-state index < -0.39 is 4.92 Å². The topological polar surface area (TPSA) is 75.7 Å². The summed E-state index contributed by atoms with van der Waals surface area (Å²) in [5.74, 6) is -0.0365. The van der Waals surface area contributed by atoms with E-state index in [1.54, 1.807) is 0 Å². The van der Waals surface area contributed by atoms with Gasteiger partial charge in [0, 0.05) is 26.8 Å². The Labute approximate surface area is 263 Å². The largest absolute Gasteiger partial charge is 0.697 e. The number of nitro benzene ring substituents is 1. The maximum absolute atomic E-state index is 10.7. The normalized spacial score (nSPS) is 11.3. The van der Waals surface area contributed by atoms with Gasteiger partial charge in [0.25, 0.3) is 5.69 Å². The number of phenolic OH excluding ortho intramolecular Hbond substituents is 1. The molecule has 0 atom stereocenters. The van der Waals surface area contributed by atoms with Crippen molar-refractivity contribution in [2.45, 2.75) is 72.1 Å². The standard InChI is InChI=1S/C15H14N2O3.C8H14.C6H10.C2H4.C2H.CH3.ClH.Ru.2H2/c1-10-4-3-5-11(2)15(10)16-9-12-8-13(17(19)20)6-7-14(12)18;1-3-5-7-8-6-4-2;1-2-4-6-5-3-1;2*1-2;;;;;/h3-9,18H,1-2H3;3-4H,1-2,5-8H2;1-2H,3-6H2;1H,2H3;1H;1H3;1H;;2*1H/q;;;;2*-1;;+1;;/p-1. The summed E-state index contributed by atoms with van der Waals surface area (Å²) < 4.78 is 1.98. The van der Waals surface area contributed by atoms with Crippen molar-refractivity contribution in [2.75, 3.05) is 0 Å². The summed E-state index contributed by atoms with van der Waals surface area (Å²) >= 11 is 0.0867. The second-order valence-electron chi connectivity index (χ2n) is 8.40. The van der Waals surface area contributed by atoms with Crippen LogP contribution in [-0.4, -0.2) is 20.9 Å². The number of aromatic hydroxyl groups is 1. The van der Waals surface area contributed by atoms with E-state index in [-0.39, 0.29) is 37.4 Å². The molecule has 0 amide bonds. The zero-order chi connectivity index (χ0) is 30.6. The molecule has 0 fully saturated rings. The van der Waals surface area contributed by atoms with Crippen molar-refractivity contribution in [3.63, 3.8) is 0 Å². The number of para-hydroxylation sites is 1. The van der Waals surface area contributed by atoms with Gasteiger partial charge in [-0.2, -0.15) is 0 Å². The predicted molar refractivity (Wildman–Crippen MR) is 181 cm³/mol.